The second-order valence-electron chi connectivity index (χ2n) is 5.06. The lowest BCUT2D eigenvalue weighted by Crippen LogP contribution is -2.09. The average molecular weight is 379 g/mol. The van der Waals surface area contributed by atoms with Crippen LogP contribution in [0.15, 0.2) is 21.4 Å². The summed E-state index contributed by atoms with van der Waals surface area (Å²) in [7, 11) is 0. The minimum atomic E-state index is -0.119. The van der Waals surface area contributed by atoms with E-state index in [9.17, 15) is 4.79 Å². The minimum Gasteiger partial charge on any atom is -0.454 e. The van der Waals surface area contributed by atoms with Crippen molar-refractivity contribution in [2.75, 3.05) is 6.79 Å². The summed E-state index contributed by atoms with van der Waals surface area (Å²) >= 11 is 5.03. The first kappa shape index (κ1) is 13.8. The van der Waals surface area contributed by atoms with Crippen LogP contribution >= 0.6 is 27.3 Å². The molecule has 3 aromatic rings. The molecule has 0 saturated carbocycles. The lowest BCUT2D eigenvalue weighted by atomic mass is 10.1. The van der Waals surface area contributed by atoms with Crippen molar-refractivity contribution in [3.05, 3.63) is 37.4 Å². The Kier molecular flexibility index (Phi) is 3.02. The second-order valence-corrected chi connectivity index (χ2v) is 7.12. The van der Waals surface area contributed by atoms with Gasteiger partial charge < -0.3 is 14.5 Å². The molecule has 1 aliphatic heterocycles. The van der Waals surface area contributed by atoms with E-state index in [2.05, 4.69) is 25.9 Å². The van der Waals surface area contributed by atoms with Crippen LogP contribution in [-0.4, -0.2) is 16.8 Å². The maximum absolute atomic E-state index is 12.4. The zero-order chi connectivity index (χ0) is 15.4. The molecule has 0 radical (unpaired) electrons. The van der Waals surface area contributed by atoms with Gasteiger partial charge in [-0.3, -0.25) is 4.79 Å². The molecule has 0 unspecified atom stereocenters. The predicted molar refractivity (Wildman–Crippen MR) is 89.0 cm³/mol. The number of benzene rings is 1. The summed E-state index contributed by atoms with van der Waals surface area (Å²) in [5.74, 6) is 1.85. The Hall–Kier alpha value is -1.86. The number of H-pyrrole nitrogens is 1. The number of hydrogen-bond donors (Lipinski definition) is 1. The molecule has 0 spiro atoms. The highest BCUT2D eigenvalue weighted by atomic mass is 79.9. The van der Waals surface area contributed by atoms with Crippen LogP contribution in [0.4, 0.5) is 0 Å². The monoisotopic (exact) mass is 378 g/mol. The van der Waals surface area contributed by atoms with Crippen LogP contribution in [0, 0.1) is 13.8 Å². The van der Waals surface area contributed by atoms with E-state index in [0.717, 1.165) is 25.3 Å². The molecule has 0 aliphatic carbocycles. The fraction of sp³-hybridized carbons (Fsp3) is 0.200. The van der Waals surface area contributed by atoms with Crippen molar-refractivity contribution < 1.29 is 9.47 Å². The van der Waals surface area contributed by atoms with Crippen LogP contribution < -0.4 is 15.0 Å². The summed E-state index contributed by atoms with van der Waals surface area (Å²) in [5, 5.41) is 0.670. The number of halogens is 1. The Morgan fingerprint density at radius 2 is 2.00 bits per heavy atom. The largest absolute Gasteiger partial charge is 0.454 e. The lowest BCUT2D eigenvalue weighted by molar-refractivity contribution is 0.174. The molecule has 3 heterocycles. The molecule has 0 amide bonds. The number of fused-ring (bicyclic) bond motifs is 2. The molecular formula is C15H11BrN2O3S. The van der Waals surface area contributed by atoms with E-state index in [-0.39, 0.29) is 12.4 Å². The summed E-state index contributed by atoms with van der Waals surface area (Å²) in [6, 6.07) is 3.65. The van der Waals surface area contributed by atoms with E-state index in [4.69, 9.17) is 9.47 Å². The summed E-state index contributed by atoms with van der Waals surface area (Å²) in [6.45, 7) is 4.15. The third kappa shape index (κ3) is 1.96. The van der Waals surface area contributed by atoms with Gasteiger partial charge in [0.15, 0.2) is 11.5 Å². The van der Waals surface area contributed by atoms with E-state index in [0.29, 0.717) is 22.7 Å². The van der Waals surface area contributed by atoms with Gasteiger partial charge in [-0.25, -0.2) is 4.98 Å². The van der Waals surface area contributed by atoms with Gasteiger partial charge in [-0.2, -0.15) is 0 Å². The summed E-state index contributed by atoms with van der Waals surface area (Å²) < 4.78 is 11.5. The van der Waals surface area contributed by atoms with Crippen molar-refractivity contribution in [2.24, 2.45) is 0 Å². The summed E-state index contributed by atoms with van der Waals surface area (Å²) in [6.07, 6.45) is 0. The Bertz CT molecular complexity index is 977. The number of nitrogens with one attached hydrogen (secondary N) is 1. The van der Waals surface area contributed by atoms with Gasteiger partial charge in [0.2, 0.25) is 6.79 Å². The van der Waals surface area contributed by atoms with E-state index in [1.165, 1.54) is 11.3 Å². The van der Waals surface area contributed by atoms with Gasteiger partial charge in [0.1, 0.15) is 10.7 Å². The smallest absolute Gasteiger partial charge is 0.260 e. The number of aryl methyl sites for hydroxylation is 2. The van der Waals surface area contributed by atoms with Crippen LogP contribution in [0.5, 0.6) is 11.5 Å². The zero-order valence-electron chi connectivity index (χ0n) is 11.8. The average Bonchev–Trinajstić information content (AvgIpc) is 3.02. The molecule has 0 saturated heterocycles. The topological polar surface area (TPSA) is 64.2 Å². The number of nitrogens with zero attached hydrogens (tertiary/aromatic N) is 1. The van der Waals surface area contributed by atoms with Crippen LogP contribution in [0.3, 0.4) is 0 Å². The van der Waals surface area contributed by atoms with Crippen LogP contribution in [0.2, 0.25) is 0 Å². The third-order valence-corrected chi connectivity index (χ3v) is 5.51. The van der Waals surface area contributed by atoms with Crippen molar-refractivity contribution in [1.82, 2.24) is 9.97 Å². The molecule has 0 atom stereocenters. The maximum Gasteiger partial charge on any atom is 0.260 e. The fourth-order valence-corrected chi connectivity index (χ4v) is 4.02. The zero-order valence-corrected chi connectivity index (χ0v) is 14.2. The molecule has 4 rings (SSSR count). The van der Waals surface area contributed by atoms with Gasteiger partial charge in [0.25, 0.3) is 5.56 Å². The number of thiophene rings is 1. The quantitative estimate of drug-likeness (QED) is 0.699. The van der Waals surface area contributed by atoms with Gasteiger partial charge >= 0.3 is 0 Å². The number of aromatic amines is 1. The standard InChI is InChI=1S/C15H11BrN2O3S/c1-6-7(2)22-15-12(6)14(19)17-13(18-15)8-3-10-11(4-9(8)16)21-5-20-10/h3-4H,5H2,1-2H3,(H,17,18,19). The molecule has 112 valence electrons. The molecule has 2 aromatic heterocycles. The molecule has 1 aromatic carbocycles. The maximum atomic E-state index is 12.4. The highest BCUT2D eigenvalue weighted by Gasteiger charge is 2.19. The number of rotatable bonds is 1. The van der Waals surface area contributed by atoms with E-state index in [1.807, 2.05) is 26.0 Å². The van der Waals surface area contributed by atoms with Crippen molar-refractivity contribution in [2.45, 2.75) is 13.8 Å². The van der Waals surface area contributed by atoms with Gasteiger partial charge in [-0.05, 0) is 47.5 Å². The Labute approximate surface area is 138 Å². The predicted octanol–water partition coefficient (Wildman–Crippen LogP) is 3.76. The van der Waals surface area contributed by atoms with Gasteiger partial charge in [0.05, 0.1) is 5.39 Å². The SMILES string of the molecule is Cc1sc2nc(-c3cc4c(cc3Br)OCO4)[nH]c(=O)c2c1C. The number of ether oxygens (including phenoxy) is 2. The second kappa shape index (κ2) is 4.82. The normalized spacial score (nSPS) is 13.0. The van der Waals surface area contributed by atoms with Crippen LogP contribution in [0.1, 0.15) is 10.4 Å². The first-order valence-electron chi connectivity index (χ1n) is 6.64. The highest BCUT2D eigenvalue weighted by Crippen LogP contribution is 2.40. The first-order valence-corrected chi connectivity index (χ1v) is 8.25. The van der Waals surface area contributed by atoms with Crippen LogP contribution in [-0.2, 0) is 0 Å². The highest BCUT2D eigenvalue weighted by molar-refractivity contribution is 9.10. The molecule has 1 N–H and O–H groups in total. The number of hydrogen-bond acceptors (Lipinski definition) is 5. The summed E-state index contributed by atoms with van der Waals surface area (Å²) in [4.78, 5) is 21.7. The molecule has 5 nitrogen and oxygen atoms in total. The van der Waals surface area contributed by atoms with E-state index >= 15 is 0 Å². The van der Waals surface area contributed by atoms with E-state index in [1.54, 1.807) is 0 Å². The van der Waals surface area contributed by atoms with E-state index < -0.39 is 0 Å². The Morgan fingerprint density at radius 1 is 1.27 bits per heavy atom. The molecule has 0 bridgehead atoms. The summed E-state index contributed by atoms with van der Waals surface area (Å²) in [5.41, 5.74) is 1.64. The van der Waals surface area contributed by atoms with Crippen LogP contribution in [0.25, 0.3) is 21.6 Å². The molecule has 22 heavy (non-hydrogen) atoms. The fourth-order valence-electron chi connectivity index (χ4n) is 2.48. The number of aromatic nitrogens is 2. The van der Waals surface area contributed by atoms with Gasteiger partial charge in [-0.1, -0.05) is 0 Å². The Balaban J connectivity index is 1.97. The lowest BCUT2D eigenvalue weighted by Gasteiger charge is -2.06. The molecule has 7 heteroatoms. The first-order chi connectivity index (χ1) is 10.5. The van der Waals surface area contributed by atoms with Gasteiger partial charge in [-0.15, -0.1) is 11.3 Å². The van der Waals surface area contributed by atoms with Crippen molar-refractivity contribution in [3.63, 3.8) is 0 Å². The third-order valence-electron chi connectivity index (χ3n) is 3.76. The Morgan fingerprint density at radius 3 is 2.77 bits per heavy atom. The molecule has 0 fully saturated rings. The van der Waals surface area contributed by atoms with Crippen molar-refractivity contribution in [1.29, 1.82) is 0 Å². The van der Waals surface area contributed by atoms with Crippen molar-refractivity contribution in [3.8, 4) is 22.9 Å². The molecular weight excluding hydrogens is 368 g/mol. The minimum absolute atomic E-state index is 0.119. The van der Waals surface area contributed by atoms with Crippen molar-refractivity contribution >= 4 is 37.5 Å². The molecule has 1 aliphatic rings. The van der Waals surface area contributed by atoms with Gasteiger partial charge in [0, 0.05) is 14.9 Å².